The van der Waals surface area contributed by atoms with Crippen LogP contribution in [-0.4, -0.2) is 24.5 Å². The summed E-state index contributed by atoms with van der Waals surface area (Å²) in [6.07, 6.45) is 7.11. The van der Waals surface area contributed by atoms with Crippen LogP contribution in [0.15, 0.2) is 77.4 Å². The fraction of sp³-hybridized carbons (Fsp3) is 0.0476. The molecule has 0 saturated heterocycles. The zero-order valence-corrected chi connectivity index (χ0v) is 15.8. The second kappa shape index (κ2) is 6.54. The number of benzene rings is 1. The molecule has 0 fully saturated rings. The van der Waals surface area contributed by atoms with E-state index in [9.17, 15) is 4.79 Å². The molecule has 7 heteroatoms. The van der Waals surface area contributed by atoms with Gasteiger partial charge in [-0.15, -0.1) is 11.3 Å². The monoisotopic (exact) mass is 385 g/mol. The SMILES string of the molecule is Cn1nc(-c2ccncc2)c2scc(-c3cccc(-n4cccn4)c3)c2c1=O. The molecule has 0 N–H and O–H groups in total. The first kappa shape index (κ1) is 16.6. The van der Waals surface area contributed by atoms with E-state index < -0.39 is 0 Å². The average Bonchev–Trinajstić information content (AvgIpc) is 3.42. The molecule has 0 spiro atoms. The van der Waals surface area contributed by atoms with Crippen LogP contribution in [0.25, 0.3) is 38.2 Å². The lowest BCUT2D eigenvalue weighted by molar-refractivity contribution is 0.723. The van der Waals surface area contributed by atoms with Crippen LogP contribution in [-0.2, 0) is 7.05 Å². The fourth-order valence-corrected chi connectivity index (χ4v) is 4.37. The van der Waals surface area contributed by atoms with Gasteiger partial charge in [0, 0.05) is 48.3 Å². The third-order valence-electron chi connectivity index (χ3n) is 4.64. The van der Waals surface area contributed by atoms with E-state index in [1.165, 1.54) is 16.0 Å². The smallest absolute Gasteiger partial charge is 0.267 e. The number of fused-ring (bicyclic) bond motifs is 1. The van der Waals surface area contributed by atoms with Gasteiger partial charge in [-0.2, -0.15) is 10.2 Å². The van der Waals surface area contributed by atoms with Gasteiger partial charge >= 0.3 is 0 Å². The Morgan fingerprint density at radius 2 is 1.86 bits per heavy atom. The van der Waals surface area contributed by atoms with Crippen molar-refractivity contribution in [3.05, 3.63) is 83.0 Å². The van der Waals surface area contributed by atoms with Crippen molar-refractivity contribution in [3.63, 3.8) is 0 Å². The van der Waals surface area contributed by atoms with Gasteiger partial charge in [0.2, 0.25) is 0 Å². The number of thiophene rings is 1. The molecule has 1 aromatic carbocycles. The molecule has 0 aliphatic heterocycles. The number of nitrogens with zero attached hydrogens (tertiary/aromatic N) is 5. The van der Waals surface area contributed by atoms with E-state index in [0.29, 0.717) is 5.39 Å². The Hall–Kier alpha value is -3.58. The first-order valence-corrected chi connectivity index (χ1v) is 9.60. The van der Waals surface area contributed by atoms with Gasteiger partial charge in [-0.1, -0.05) is 12.1 Å². The second-order valence-electron chi connectivity index (χ2n) is 6.37. The zero-order valence-electron chi connectivity index (χ0n) is 15.0. The van der Waals surface area contributed by atoms with Crippen LogP contribution in [0.5, 0.6) is 0 Å². The summed E-state index contributed by atoms with van der Waals surface area (Å²) in [6, 6.07) is 13.7. The molecule has 28 heavy (non-hydrogen) atoms. The second-order valence-corrected chi connectivity index (χ2v) is 7.25. The molecule has 0 atom stereocenters. The van der Waals surface area contributed by atoms with E-state index in [0.717, 1.165) is 32.8 Å². The molecule has 5 rings (SSSR count). The Labute approximate surface area is 164 Å². The normalized spacial score (nSPS) is 11.2. The van der Waals surface area contributed by atoms with E-state index in [2.05, 4.69) is 15.2 Å². The van der Waals surface area contributed by atoms with Crippen LogP contribution >= 0.6 is 11.3 Å². The first-order valence-electron chi connectivity index (χ1n) is 8.72. The van der Waals surface area contributed by atoms with Crippen molar-refractivity contribution in [1.29, 1.82) is 0 Å². The minimum Gasteiger partial charge on any atom is -0.267 e. The molecule has 0 unspecified atom stereocenters. The summed E-state index contributed by atoms with van der Waals surface area (Å²) in [5.41, 5.74) is 4.46. The molecule has 4 heterocycles. The lowest BCUT2D eigenvalue weighted by Crippen LogP contribution is -2.20. The summed E-state index contributed by atoms with van der Waals surface area (Å²) in [7, 11) is 1.69. The summed E-state index contributed by atoms with van der Waals surface area (Å²) < 4.78 is 4.10. The van der Waals surface area contributed by atoms with Crippen molar-refractivity contribution >= 4 is 21.4 Å². The zero-order chi connectivity index (χ0) is 19.1. The third kappa shape index (κ3) is 2.64. The van der Waals surface area contributed by atoms with Crippen molar-refractivity contribution in [1.82, 2.24) is 24.5 Å². The predicted octanol–water partition coefficient (Wildman–Crippen LogP) is 3.91. The molecule has 0 saturated carbocycles. The number of rotatable bonds is 3. The molecule has 0 aliphatic carbocycles. The minimum atomic E-state index is -0.103. The minimum absolute atomic E-state index is 0.103. The molecular formula is C21H15N5OS. The van der Waals surface area contributed by atoms with Gasteiger partial charge in [-0.25, -0.2) is 9.36 Å². The molecule has 0 radical (unpaired) electrons. The first-order chi connectivity index (χ1) is 13.7. The van der Waals surface area contributed by atoms with E-state index in [1.807, 2.05) is 54.0 Å². The molecule has 0 amide bonds. The number of pyridine rings is 1. The topological polar surface area (TPSA) is 65.6 Å². The maximum atomic E-state index is 13.0. The highest BCUT2D eigenvalue weighted by atomic mass is 32.1. The number of aromatic nitrogens is 5. The Kier molecular flexibility index (Phi) is 3.87. The van der Waals surface area contributed by atoms with Crippen LogP contribution in [0.2, 0.25) is 0 Å². The van der Waals surface area contributed by atoms with E-state index >= 15 is 0 Å². The van der Waals surface area contributed by atoms with Crippen LogP contribution in [0.3, 0.4) is 0 Å². The van der Waals surface area contributed by atoms with Gasteiger partial charge in [-0.05, 0) is 35.9 Å². The summed E-state index contributed by atoms with van der Waals surface area (Å²) in [6.45, 7) is 0. The highest BCUT2D eigenvalue weighted by Crippen LogP contribution is 2.36. The van der Waals surface area contributed by atoms with Crippen molar-refractivity contribution in [3.8, 4) is 28.1 Å². The van der Waals surface area contributed by atoms with Gasteiger partial charge in [0.05, 0.1) is 15.8 Å². The summed E-state index contributed by atoms with van der Waals surface area (Å²) in [5, 5.41) is 11.5. The van der Waals surface area contributed by atoms with Gasteiger partial charge in [0.15, 0.2) is 0 Å². The third-order valence-corrected chi connectivity index (χ3v) is 5.63. The van der Waals surface area contributed by atoms with Crippen LogP contribution < -0.4 is 5.56 Å². The van der Waals surface area contributed by atoms with E-state index in [-0.39, 0.29) is 5.56 Å². The van der Waals surface area contributed by atoms with E-state index in [4.69, 9.17) is 0 Å². The molecule has 4 aromatic heterocycles. The van der Waals surface area contributed by atoms with Gasteiger partial charge in [0.25, 0.3) is 5.56 Å². The van der Waals surface area contributed by atoms with Crippen molar-refractivity contribution in [2.45, 2.75) is 0 Å². The standard InChI is InChI=1S/C21H15N5OS/c1-25-21(27)18-17(15-4-2-5-16(12-15)26-11-3-8-23-26)13-28-20(18)19(24-25)14-6-9-22-10-7-14/h2-13H,1H3. The largest absolute Gasteiger partial charge is 0.275 e. The Bertz CT molecular complexity index is 1340. The maximum absolute atomic E-state index is 13.0. The fourth-order valence-electron chi connectivity index (χ4n) is 3.30. The Morgan fingerprint density at radius 3 is 2.64 bits per heavy atom. The van der Waals surface area contributed by atoms with Crippen molar-refractivity contribution in [2.24, 2.45) is 7.05 Å². The average molecular weight is 385 g/mol. The quantitative estimate of drug-likeness (QED) is 0.472. The lowest BCUT2D eigenvalue weighted by Gasteiger charge is -2.07. The molecule has 0 aliphatic rings. The number of hydrogen-bond acceptors (Lipinski definition) is 5. The van der Waals surface area contributed by atoms with Gasteiger partial charge in [-0.3, -0.25) is 9.78 Å². The highest BCUT2D eigenvalue weighted by molar-refractivity contribution is 7.18. The summed E-state index contributed by atoms with van der Waals surface area (Å²) in [5.74, 6) is 0. The molecule has 0 bridgehead atoms. The number of hydrogen-bond donors (Lipinski definition) is 0. The Balaban J connectivity index is 1.76. The predicted molar refractivity (Wildman–Crippen MR) is 111 cm³/mol. The Morgan fingerprint density at radius 1 is 1.00 bits per heavy atom. The summed E-state index contributed by atoms with van der Waals surface area (Å²) in [4.78, 5) is 17.0. The van der Waals surface area contributed by atoms with E-state index in [1.54, 1.807) is 30.3 Å². The van der Waals surface area contributed by atoms with Gasteiger partial charge in [0.1, 0.15) is 5.69 Å². The highest BCUT2D eigenvalue weighted by Gasteiger charge is 2.17. The maximum Gasteiger partial charge on any atom is 0.275 e. The lowest BCUT2D eigenvalue weighted by atomic mass is 10.0. The number of aryl methyl sites for hydroxylation is 1. The van der Waals surface area contributed by atoms with Crippen molar-refractivity contribution in [2.75, 3.05) is 0 Å². The van der Waals surface area contributed by atoms with Crippen LogP contribution in [0, 0.1) is 0 Å². The molecule has 6 nitrogen and oxygen atoms in total. The molecule has 136 valence electrons. The molecule has 5 aromatic rings. The van der Waals surface area contributed by atoms with Gasteiger partial charge < -0.3 is 0 Å². The summed E-state index contributed by atoms with van der Waals surface area (Å²) >= 11 is 1.54. The van der Waals surface area contributed by atoms with Crippen molar-refractivity contribution < 1.29 is 0 Å². The van der Waals surface area contributed by atoms with Crippen LogP contribution in [0.4, 0.5) is 0 Å². The molecular weight excluding hydrogens is 370 g/mol. The van der Waals surface area contributed by atoms with Crippen LogP contribution in [0.1, 0.15) is 0 Å².